The third kappa shape index (κ3) is 2.97. The molecule has 4 rings (SSSR count). The molecule has 3 aromatic rings. The van der Waals surface area contributed by atoms with Gasteiger partial charge in [0, 0.05) is 16.9 Å². The molecule has 0 atom stereocenters. The van der Waals surface area contributed by atoms with E-state index in [1.54, 1.807) is 0 Å². The maximum absolute atomic E-state index is 12.1. The van der Waals surface area contributed by atoms with Crippen LogP contribution in [0.3, 0.4) is 0 Å². The van der Waals surface area contributed by atoms with Crippen molar-refractivity contribution in [1.82, 2.24) is 9.88 Å². The molecule has 1 saturated heterocycles. The third-order valence-corrected chi connectivity index (χ3v) is 5.05. The zero-order chi connectivity index (χ0) is 18.1. The summed E-state index contributed by atoms with van der Waals surface area (Å²) in [6, 6.07) is 22.4. The van der Waals surface area contributed by atoms with Crippen molar-refractivity contribution in [3.05, 3.63) is 82.9 Å². The molecule has 0 spiro atoms. The Labute approximate surface area is 156 Å². The number of rotatable bonds is 3. The van der Waals surface area contributed by atoms with Gasteiger partial charge in [-0.1, -0.05) is 48.5 Å². The lowest BCUT2D eigenvalue weighted by molar-refractivity contribution is -0.115. The van der Waals surface area contributed by atoms with Gasteiger partial charge in [-0.15, -0.1) is 0 Å². The van der Waals surface area contributed by atoms with E-state index in [0.29, 0.717) is 4.91 Å². The van der Waals surface area contributed by atoms with E-state index < -0.39 is 0 Å². The van der Waals surface area contributed by atoms with Gasteiger partial charge in [-0.3, -0.25) is 10.2 Å². The average Bonchev–Trinajstić information content (AvgIpc) is 3.15. The number of nitrogens with one attached hydrogen (secondary N) is 2. The largest absolute Gasteiger partial charge is 0.313 e. The molecule has 0 radical (unpaired) electrons. The highest BCUT2D eigenvalue weighted by Gasteiger charge is 2.24. The van der Waals surface area contributed by atoms with Crippen molar-refractivity contribution in [1.29, 1.82) is 5.41 Å². The van der Waals surface area contributed by atoms with Crippen molar-refractivity contribution in [3.63, 3.8) is 0 Å². The fraction of sp³-hybridized carbons (Fsp3) is 0.0476. The SMILES string of the molecule is Cc1cc(C=C2SC(=N)NC2=O)c(-c2ccccc2)n1-c1ccccc1. The van der Waals surface area contributed by atoms with Crippen LogP contribution in [0, 0.1) is 12.3 Å². The van der Waals surface area contributed by atoms with Crippen molar-refractivity contribution in [3.8, 4) is 16.9 Å². The molecule has 4 nitrogen and oxygen atoms in total. The number of para-hydroxylation sites is 1. The summed E-state index contributed by atoms with van der Waals surface area (Å²) in [6.45, 7) is 2.06. The Morgan fingerprint density at radius 1 is 1.04 bits per heavy atom. The van der Waals surface area contributed by atoms with Crippen LogP contribution in [-0.2, 0) is 4.79 Å². The van der Waals surface area contributed by atoms with E-state index in [1.807, 2.05) is 42.5 Å². The average molecular weight is 359 g/mol. The van der Waals surface area contributed by atoms with E-state index in [4.69, 9.17) is 5.41 Å². The van der Waals surface area contributed by atoms with Gasteiger partial charge in [0.2, 0.25) is 0 Å². The van der Waals surface area contributed by atoms with E-state index in [-0.39, 0.29) is 11.1 Å². The molecule has 1 aliphatic rings. The zero-order valence-electron chi connectivity index (χ0n) is 14.2. The second-order valence-electron chi connectivity index (χ2n) is 6.02. The summed E-state index contributed by atoms with van der Waals surface area (Å²) in [5, 5.41) is 10.4. The number of hydrogen-bond acceptors (Lipinski definition) is 3. The van der Waals surface area contributed by atoms with Crippen molar-refractivity contribution >= 4 is 28.9 Å². The predicted octanol–water partition coefficient (Wildman–Crippen LogP) is 4.59. The molecule has 0 unspecified atom stereocenters. The van der Waals surface area contributed by atoms with Gasteiger partial charge in [0.1, 0.15) is 0 Å². The molecule has 2 heterocycles. The van der Waals surface area contributed by atoms with Gasteiger partial charge in [0.05, 0.1) is 10.6 Å². The van der Waals surface area contributed by atoms with E-state index in [1.165, 1.54) is 0 Å². The number of amides is 1. The molecular weight excluding hydrogens is 342 g/mol. The van der Waals surface area contributed by atoms with Crippen LogP contribution in [0.1, 0.15) is 11.3 Å². The summed E-state index contributed by atoms with van der Waals surface area (Å²) in [6.07, 6.45) is 1.87. The summed E-state index contributed by atoms with van der Waals surface area (Å²) < 4.78 is 2.20. The molecule has 1 aliphatic heterocycles. The van der Waals surface area contributed by atoms with E-state index in [9.17, 15) is 4.79 Å². The fourth-order valence-corrected chi connectivity index (χ4v) is 3.85. The molecule has 0 aliphatic carbocycles. The van der Waals surface area contributed by atoms with Crippen LogP contribution in [-0.4, -0.2) is 15.6 Å². The van der Waals surface area contributed by atoms with E-state index in [2.05, 4.69) is 47.1 Å². The quantitative estimate of drug-likeness (QED) is 0.672. The molecule has 0 bridgehead atoms. The third-order valence-electron chi connectivity index (χ3n) is 4.23. The highest BCUT2D eigenvalue weighted by atomic mass is 32.2. The van der Waals surface area contributed by atoms with E-state index in [0.717, 1.165) is 40.0 Å². The Morgan fingerprint density at radius 3 is 2.31 bits per heavy atom. The van der Waals surface area contributed by atoms with Gasteiger partial charge in [-0.2, -0.15) is 0 Å². The summed E-state index contributed by atoms with van der Waals surface area (Å²) in [4.78, 5) is 12.6. The first kappa shape index (κ1) is 16.4. The molecule has 26 heavy (non-hydrogen) atoms. The highest BCUT2D eigenvalue weighted by Crippen LogP contribution is 2.34. The van der Waals surface area contributed by atoms with Gasteiger partial charge in [-0.05, 0) is 48.5 Å². The molecule has 1 amide bonds. The molecule has 0 saturated carbocycles. The number of carbonyl (C=O) groups is 1. The molecule has 2 N–H and O–H groups in total. The van der Waals surface area contributed by atoms with Crippen LogP contribution in [0.4, 0.5) is 0 Å². The Hall–Kier alpha value is -3.05. The number of amidine groups is 1. The first-order valence-electron chi connectivity index (χ1n) is 8.26. The van der Waals surface area contributed by atoms with Gasteiger partial charge < -0.3 is 9.88 Å². The van der Waals surface area contributed by atoms with Crippen LogP contribution in [0.15, 0.2) is 71.6 Å². The Balaban J connectivity index is 1.94. The van der Waals surface area contributed by atoms with Crippen LogP contribution in [0.5, 0.6) is 0 Å². The number of aromatic nitrogens is 1. The Kier molecular flexibility index (Phi) is 4.22. The van der Waals surface area contributed by atoms with Crippen LogP contribution in [0.25, 0.3) is 23.0 Å². The lowest BCUT2D eigenvalue weighted by Crippen LogP contribution is -2.18. The van der Waals surface area contributed by atoms with Crippen molar-refractivity contribution in [2.24, 2.45) is 0 Å². The standard InChI is InChI=1S/C21H17N3OS/c1-14-12-16(13-18-20(25)23-21(22)26-18)19(15-8-4-2-5-9-15)24(14)17-10-6-3-7-11-17/h2-13H,1H3,(H2,22,23,25). The number of aryl methyl sites for hydroxylation is 1. The first-order valence-corrected chi connectivity index (χ1v) is 9.08. The zero-order valence-corrected chi connectivity index (χ0v) is 15.0. The van der Waals surface area contributed by atoms with E-state index >= 15 is 0 Å². The van der Waals surface area contributed by atoms with Gasteiger partial charge in [0.15, 0.2) is 5.17 Å². The monoisotopic (exact) mass is 359 g/mol. The van der Waals surface area contributed by atoms with Crippen molar-refractivity contribution in [2.45, 2.75) is 6.92 Å². The molecular formula is C21H17N3OS. The fourth-order valence-electron chi connectivity index (χ4n) is 3.16. The lowest BCUT2D eigenvalue weighted by atomic mass is 10.1. The minimum absolute atomic E-state index is 0.168. The summed E-state index contributed by atoms with van der Waals surface area (Å²) in [5.41, 5.74) is 5.23. The molecule has 1 aromatic heterocycles. The highest BCUT2D eigenvalue weighted by molar-refractivity contribution is 8.18. The smallest absolute Gasteiger partial charge is 0.264 e. The second kappa shape index (κ2) is 6.69. The molecule has 5 heteroatoms. The minimum atomic E-state index is -0.218. The number of thioether (sulfide) groups is 1. The number of hydrogen-bond donors (Lipinski definition) is 2. The maximum atomic E-state index is 12.1. The van der Waals surface area contributed by atoms with Gasteiger partial charge >= 0.3 is 0 Å². The van der Waals surface area contributed by atoms with Crippen molar-refractivity contribution < 1.29 is 4.79 Å². The summed E-state index contributed by atoms with van der Waals surface area (Å²) in [7, 11) is 0. The lowest BCUT2D eigenvalue weighted by Gasteiger charge is -2.13. The number of carbonyl (C=O) groups excluding carboxylic acids is 1. The summed E-state index contributed by atoms with van der Waals surface area (Å²) >= 11 is 1.16. The van der Waals surface area contributed by atoms with Crippen molar-refractivity contribution in [2.75, 3.05) is 0 Å². The van der Waals surface area contributed by atoms with Gasteiger partial charge in [0.25, 0.3) is 5.91 Å². The number of benzene rings is 2. The Bertz CT molecular complexity index is 1020. The maximum Gasteiger partial charge on any atom is 0.264 e. The summed E-state index contributed by atoms with van der Waals surface area (Å²) in [5.74, 6) is -0.218. The minimum Gasteiger partial charge on any atom is -0.313 e. The normalized spacial score (nSPS) is 15.5. The topological polar surface area (TPSA) is 57.9 Å². The van der Waals surface area contributed by atoms with Crippen LogP contribution < -0.4 is 5.32 Å². The first-order chi connectivity index (χ1) is 12.6. The van der Waals surface area contributed by atoms with Crippen LogP contribution >= 0.6 is 11.8 Å². The number of nitrogens with zero attached hydrogens (tertiary/aromatic N) is 1. The predicted molar refractivity (Wildman–Crippen MR) is 107 cm³/mol. The van der Waals surface area contributed by atoms with Crippen LogP contribution in [0.2, 0.25) is 0 Å². The Morgan fingerprint density at radius 2 is 1.69 bits per heavy atom. The molecule has 2 aromatic carbocycles. The van der Waals surface area contributed by atoms with Gasteiger partial charge in [-0.25, -0.2) is 0 Å². The molecule has 1 fully saturated rings. The second-order valence-corrected chi connectivity index (χ2v) is 7.07. The molecule has 128 valence electrons.